The average Bonchev–Trinajstić information content (AvgIpc) is 0. The van der Waals surface area contributed by atoms with Gasteiger partial charge in [-0.2, -0.15) is 9.90 Å². The van der Waals surface area contributed by atoms with Gasteiger partial charge in [0.25, 0.3) is 0 Å². The number of halogens is 1. The van der Waals surface area contributed by atoms with Gasteiger partial charge in [0, 0.05) is 119 Å². The largest absolute Gasteiger partial charge is 0.153 e. The first kappa shape index (κ1) is 33.5. The van der Waals surface area contributed by atoms with Crippen molar-refractivity contribution >= 4 is 141 Å². The Morgan fingerprint density at radius 1 is 1.00 bits per heavy atom. The molecule has 0 rings (SSSR count). The van der Waals surface area contributed by atoms with Crippen LogP contribution in [0.5, 0.6) is 0 Å². The van der Waals surface area contributed by atoms with Crippen molar-refractivity contribution in [1.29, 1.82) is 0 Å². The first-order chi connectivity index (χ1) is 0. The molecule has 0 N–H and O–H groups in total. The molecule has 0 bridgehead atoms. The van der Waals surface area contributed by atoms with Crippen LogP contribution < -0.4 is 0 Å². The van der Waals surface area contributed by atoms with E-state index < -0.39 is 0 Å². The van der Waals surface area contributed by atoms with Crippen LogP contribution in [0.15, 0.2) is 0 Å². The summed E-state index contributed by atoms with van der Waals surface area (Å²) >= 11 is 0. The van der Waals surface area contributed by atoms with E-state index >= 15 is 0 Å². The standard InChI is InChI=1S/Ca.ClH.K.Na.H3P/h;1H;;;1H3. The van der Waals surface area contributed by atoms with Crippen LogP contribution in [-0.4, -0.2) is 119 Å². The topological polar surface area (TPSA) is 0 Å². The monoisotopic (exact) mass is 172 g/mol. The van der Waals surface area contributed by atoms with Gasteiger partial charge in [-0.05, 0) is 0 Å². The fourth-order valence-electron chi connectivity index (χ4n) is 0. The van der Waals surface area contributed by atoms with Crippen molar-refractivity contribution in [2.24, 2.45) is 0 Å². The Morgan fingerprint density at radius 2 is 1.00 bits per heavy atom. The second-order valence-electron chi connectivity index (χ2n) is 0. The predicted octanol–water partition coefficient (Wildman–Crippen LogP) is -0.663. The molecule has 0 fully saturated rings. The summed E-state index contributed by atoms with van der Waals surface area (Å²) in [6, 6.07) is 0. The fourth-order valence-corrected chi connectivity index (χ4v) is 0. The van der Waals surface area contributed by atoms with E-state index in [4.69, 9.17) is 0 Å². The minimum absolute atomic E-state index is 0. The molecule has 0 aliphatic heterocycles. The van der Waals surface area contributed by atoms with Crippen molar-refractivity contribution in [2.75, 3.05) is 0 Å². The molecule has 5 heavy (non-hydrogen) atoms. The Hall–Kier alpha value is 4.62. The molecule has 0 aromatic rings. The third kappa shape index (κ3) is 17.7. The van der Waals surface area contributed by atoms with Gasteiger partial charge in [0.05, 0.1) is 0 Å². The van der Waals surface area contributed by atoms with Crippen LogP contribution in [-0.2, 0) is 0 Å². The van der Waals surface area contributed by atoms with Gasteiger partial charge in [-0.1, -0.05) is 0 Å². The second kappa shape index (κ2) is 23.5. The quantitative estimate of drug-likeness (QED) is 0.336. The van der Waals surface area contributed by atoms with Gasteiger partial charge in [-0.25, -0.2) is 0 Å². The summed E-state index contributed by atoms with van der Waals surface area (Å²) < 4.78 is 0. The first-order valence-electron chi connectivity index (χ1n) is 0. The minimum atomic E-state index is 0. The summed E-state index contributed by atoms with van der Waals surface area (Å²) in [5.74, 6) is 0. The summed E-state index contributed by atoms with van der Waals surface area (Å²) in [6.07, 6.45) is 0. The molecule has 0 nitrogen and oxygen atoms in total. The van der Waals surface area contributed by atoms with Crippen molar-refractivity contribution in [1.82, 2.24) is 0 Å². The zero-order valence-electron chi connectivity index (χ0n) is 3.82. The Labute approximate surface area is 137 Å². The minimum Gasteiger partial charge on any atom is -0.153 e. The van der Waals surface area contributed by atoms with Crippen LogP contribution in [0, 0.1) is 0 Å². The Bertz CT molecular complexity index is 11.6. The Balaban J connectivity index is 0. The molecule has 0 aliphatic rings. The van der Waals surface area contributed by atoms with Crippen LogP contribution in [0.25, 0.3) is 0 Å². The summed E-state index contributed by atoms with van der Waals surface area (Å²) in [7, 11) is 0. The van der Waals surface area contributed by atoms with Crippen LogP contribution in [0.4, 0.5) is 0 Å². The van der Waals surface area contributed by atoms with E-state index in [-0.39, 0.29) is 141 Å². The molecule has 0 aromatic heterocycles. The first-order valence-corrected chi connectivity index (χ1v) is 0. The Kier molecular flexibility index (Phi) is 157. The molecule has 0 aliphatic carbocycles. The summed E-state index contributed by atoms with van der Waals surface area (Å²) in [5.41, 5.74) is 0. The van der Waals surface area contributed by atoms with Gasteiger partial charge in [-0.15, -0.1) is 12.4 Å². The molecular weight excluding hydrogens is 169 g/mol. The maximum atomic E-state index is 0. The maximum Gasteiger partial charge on any atom is 0 e. The van der Waals surface area contributed by atoms with Gasteiger partial charge in [0.2, 0.25) is 0 Å². The molecule has 0 saturated carbocycles. The van der Waals surface area contributed by atoms with Gasteiger partial charge < -0.3 is 0 Å². The van der Waals surface area contributed by atoms with E-state index in [1.54, 1.807) is 0 Å². The van der Waals surface area contributed by atoms with Crippen molar-refractivity contribution < 1.29 is 0 Å². The van der Waals surface area contributed by atoms with Gasteiger partial charge in [-0.3, -0.25) is 0 Å². The van der Waals surface area contributed by atoms with Crippen LogP contribution in [0.2, 0.25) is 0 Å². The van der Waals surface area contributed by atoms with E-state index in [9.17, 15) is 0 Å². The molecule has 0 spiro atoms. The van der Waals surface area contributed by atoms with E-state index in [2.05, 4.69) is 0 Å². The summed E-state index contributed by atoms with van der Waals surface area (Å²) in [5, 5.41) is 0. The number of rotatable bonds is 0. The predicted molar refractivity (Wildman–Crippen MR) is 35.6 cm³/mol. The molecule has 0 saturated heterocycles. The fraction of sp³-hybridized carbons (Fsp3) is 0. The van der Waals surface area contributed by atoms with Crippen molar-refractivity contribution in [3.05, 3.63) is 0 Å². The average molecular weight is 173 g/mol. The molecule has 20 valence electrons. The van der Waals surface area contributed by atoms with Crippen molar-refractivity contribution in [3.63, 3.8) is 0 Å². The van der Waals surface area contributed by atoms with Crippen LogP contribution >= 0.6 is 22.3 Å². The zero-order chi connectivity index (χ0) is 0. The summed E-state index contributed by atoms with van der Waals surface area (Å²) in [6.45, 7) is 0. The van der Waals surface area contributed by atoms with Crippen LogP contribution in [0.1, 0.15) is 0 Å². The Morgan fingerprint density at radius 3 is 1.00 bits per heavy atom. The van der Waals surface area contributed by atoms with E-state index in [1.165, 1.54) is 0 Å². The third-order valence-electron chi connectivity index (χ3n) is 0. The second-order valence-corrected chi connectivity index (χ2v) is 0. The molecule has 1 atom stereocenters. The molecular formula is H4CaClKNaP. The maximum absolute atomic E-state index is 0. The number of hydrogen-bond donors (Lipinski definition) is 0. The molecule has 0 heterocycles. The van der Waals surface area contributed by atoms with Crippen molar-refractivity contribution in [2.45, 2.75) is 0 Å². The van der Waals surface area contributed by atoms with Crippen molar-refractivity contribution in [3.8, 4) is 0 Å². The summed E-state index contributed by atoms with van der Waals surface area (Å²) in [4.78, 5) is 0. The van der Waals surface area contributed by atoms with E-state index in [0.29, 0.717) is 0 Å². The van der Waals surface area contributed by atoms with Gasteiger partial charge in [0.15, 0.2) is 0 Å². The number of hydrogen-bond acceptors (Lipinski definition) is 0. The molecule has 1 unspecified atom stereocenters. The SMILES string of the molecule is Cl.P.[Ca].[K].[Na]. The van der Waals surface area contributed by atoms with Gasteiger partial charge in [0.1, 0.15) is 0 Å². The van der Waals surface area contributed by atoms with E-state index in [1.807, 2.05) is 0 Å². The third-order valence-corrected chi connectivity index (χ3v) is 0. The normalized spacial score (nSPS) is 0. The van der Waals surface area contributed by atoms with Gasteiger partial charge >= 0.3 is 0 Å². The molecule has 4 radical (unpaired) electrons. The molecule has 5 heteroatoms. The van der Waals surface area contributed by atoms with E-state index in [0.717, 1.165) is 0 Å². The smallest absolute Gasteiger partial charge is 0 e. The zero-order valence-corrected chi connectivity index (χ0v) is 13.4. The molecule has 0 amide bonds. The molecule has 0 aromatic carbocycles. The van der Waals surface area contributed by atoms with Crippen LogP contribution in [0.3, 0.4) is 0 Å².